The molecule has 0 aliphatic carbocycles. The molecule has 52 valence electrons. The zero-order valence-electron chi connectivity index (χ0n) is 5.25. The number of ether oxygens (including phenoxy) is 1. The summed E-state index contributed by atoms with van der Waals surface area (Å²) >= 11 is 0. The number of carbonyl (C=O) groups is 1. The fourth-order valence-electron chi connectivity index (χ4n) is 0.945. The first-order valence-corrected chi connectivity index (χ1v) is 3.13. The summed E-state index contributed by atoms with van der Waals surface area (Å²) in [4.78, 5) is 10.2. The van der Waals surface area contributed by atoms with Gasteiger partial charge < -0.3 is 15.3 Å². The van der Waals surface area contributed by atoms with Gasteiger partial charge in [0, 0.05) is 18.6 Å². The lowest BCUT2D eigenvalue weighted by Gasteiger charge is -2.23. The molecule has 2 N–H and O–H groups in total. The second kappa shape index (κ2) is 2.94. The van der Waals surface area contributed by atoms with Gasteiger partial charge in [-0.1, -0.05) is 0 Å². The molecule has 0 radical (unpaired) electrons. The Hall–Kier alpha value is -0.410. The van der Waals surface area contributed by atoms with E-state index in [0.29, 0.717) is 13.2 Å². The first-order chi connectivity index (χ1) is 4.34. The minimum atomic E-state index is -0.0729. The van der Waals surface area contributed by atoms with Crippen LogP contribution in [0.2, 0.25) is 0 Å². The van der Waals surface area contributed by atoms with Gasteiger partial charge in [0.25, 0.3) is 0 Å². The van der Waals surface area contributed by atoms with Crippen LogP contribution in [0.1, 0.15) is 6.42 Å². The van der Waals surface area contributed by atoms with Gasteiger partial charge in [-0.25, -0.2) is 0 Å². The first-order valence-electron chi connectivity index (χ1n) is 3.13. The molecule has 3 heteroatoms. The highest BCUT2D eigenvalue weighted by Crippen LogP contribution is 2.10. The monoisotopic (exact) mass is 129 g/mol. The first kappa shape index (κ1) is 6.71. The molecule has 0 amide bonds. The predicted octanol–water partition coefficient (Wildman–Crippen LogP) is -0.451. The molecule has 9 heavy (non-hydrogen) atoms. The summed E-state index contributed by atoms with van der Waals surface area (Å²) in [5.74, 6) is 0.0266. The van der Waals surface area contributed by atoms with E-state index in [0.717, 1.165) is 12.7 Å². The molecule has 3 nitrogen and oxygen atoms in total. The minimum absolute atomic E-state index is 0.0266. The maximum atomic E-state index is 10.2. The largest absolute Gasteiger partial charge is 0.380 e. The molecule has 0 bridgehead atoms. The molecule has 0 spiro atoms. The Balaban J connectivity index is 2.38. The van der Waals surface area contributed by atoms with Crippen LogP contribution in [0.15, 0.2) is 0 Å². The van der Waals surface area contributed by atoms with Crippen LogP contribution < -0.4 is 5.73 Å². The van der Waals surface area contributed by atoms with E-state index in [1.807, 2.05) is 0 Å². The van der Waals surface area contributed by atoms with E-state index >= 15 is 0 Å². The molecule has 1 aliphatic heterocycles. The highest BCUT2D eigenvalue weighted by molar-refractivity contribution is 5.54. The fraction of sp³-hybridized carbons (Fsp3) is 0.833. The number of carbonyl (C=O) groups excluding carboxylic acids is 1. The molecule has 0 aromatic heterocycles. The Labute approximate surface area is 54.2 Å². The van der Waals surface area contributed by atoms with Crippen molar-refractivity contribution in [3.05, 3.63) is 0 Å². The summed E-state index contributed by atoms with van der Waals surface area (Å²) in [5.41, 5.74) is 5.53. The highest BCUT2D eigenvalue weighted by Gasteiger charge is 2.20. The molecule has 1 rings (SSSR count). The lowest BCUT2D eigenvalue weighted by atomic mass is 9.98. The van der Waals surface area contributed by atoms with Crippen molar-refractivity contribution in [2.75, 3.05) is 13.2 Å². The minimum Gasteiger partial charge on any atom is -0.380 e. The van der Waals surface area contributed by atoms with Crippen molar-refractivity contribution < 1.29 is 9.53 Å². The average Bonchev–Trinajstić information content (AvgIpc) is 1.89. The molecule has 1 saturated heterocycles. The maximum Gasteiger partial charge on any atom is 0.124 e. The van der Waals surface area contributed by atoms with E-state index in [2.05, 4.69) is 0 Å². The van der Waals surface area contributed by atoms with E-state index in [1.165, 1.54) is 0 Å². The van der Waals surface area contributed by atoms with Gasteiger partial charge in [0.2, 0.25) is 0 Å². The van der Waals surface area contributed by atoms with Crippen molar-refractivity contribution in [3.63, 3.8) is 0 Å². The molecule has 0 saturated carbocycles. The third-order valence-electron chi connectivity index (χ3n) is 1.63. The van der Waals surface area contributed by atoms with Crippen LogP contribution in [0.25, 0.3) is 0 Å². The van der Waals surface area contributed by atoms with Crippen molar-refractivity contribution >= 4 is 6.29 Å². The van der Waals surface area contributed by atoms with Crippen molar-refractivity contribution in [1.82, 2.24) is 0 Å². The highest BCUT2D eigenvalue weighted by atomic mass is 16.5. The topological polar surface area (TPSA) is 52.3 Å². The molecule has 0 aromatic carbocycles. The summed E-state index contributed by atoms with van der Waals surface area (Å²) in [6, 6.07) is -0.0729. The predicted molar refractivity (Wildman–Crippen MR) is 33.0 cm³/mol. The van der Waals surface area contributed by atoms with Crippen LogP contribution in [0.5, 0.6) is 0 Å². The van der Waals surface area contributed by atoms with E-state index in [4.69, 9.17) is 10.5 Å². The molecule has 1 fully saturated rings. The molecule has 1 aliphatic rings. The molecule has 0 aromatic rings. The van der Waals surface area contributed by atoms with Gasteiger partial charge in [0.1, 0.15) is 6.29 Å². The Bertz CT molecular complexity index is 105. The smallest absolute Gasteiger partial charge is 0.124 e. The Morgan fingerprint density at radius 2 is 2.44 bits per heavy atom. The third-order valence-corrected chi connectivity index (χ3v) is 1.63. The fourth-order valence-corrected chi connectivity index (χ4v) is 0.945. The summed E-state index contributed by atoms with van der Waals surface area (Å²) in [7, 11) is 0. The van der Waals surface area contributed by atoms with Gasteiger partial charge in [-0.15, -0.1) is 0 Å². The zero-order chi connectivity index (χ0) is 6.69. The average molecular weight is 129 g/mol. The molecule has 1 heterocycles. The third kappa shape index (κ3) is 1.50. The van der Waals surface area contributed by atoms with E-state index in [9.17, 15) is 4.79 Å². The molecule has 2 atom stereocenters. The molecule has 0 unspecified atom stereocenters. The van der Waals surface area contributed by atoms with Gasteiger partial charge in [0.05, 0.1) is 6.61 Å². The molecular weight excluding hydrogens is 118 g/mol. The van der Waals surface area contributed by atoms with Crippen molar-refractivity contribution in [2.24, 2.45) is 11.7 Å². The van der Waals surface area contributed by atoms with Gasteiger partial charge in [-0.2, -0.15) is 0 Å². The second-order valence-electron chi connectivity index (χ2n) is 2.33. The number of hydrogen-bond donors (Lipinski definition) is 1. The number of nitrogens with two attached hydrogens (primary N) is 1. The van der Waals surface area contributed by atoms with Crippen molar-refractivity contribution in [3.8, 4) is 0 Å². The van der Waals surface area contributed by atoms with E-state index < -0.39 is 0 Å². The van der Waals surface area contributed by atoms with Crippen LogP contribution in [0.4, 0.5) is 0 Å². The van der Waals surface area contributed by atoms with E-state index in [1.54, 1.807) is 0 Å². The van der Waals surface area contributed by atoms with Crippen LogP contribution in [-0.4, -0.2) is 25.5 Å². The maximum absolute atomic E-state index is 10.2. The number of hydrogen-bond acceptors (Lipinski definition) is 3. The van der Waals surface area contributed by atoms with Crippen LogP contribution >= 0.6 is 0 Å². The summed E-state index contributed by atoms with van der Waals surface area (Å²) in [6.07, 6.45) is 1.71. The molecular formula is C6H11NO2. The van der Waals surface area contributed by atoms with Gasteiger partial charge in [0.15, 0.2) is 0 Å². The normalized spacial score (nSPS) is 36.1. The SMILES string of the molecule is N[C@@H]1COCC[C@@H]1C=O. The Morgan fingerprint density at radius 1 is 1.67 bits per heavy atom. The standard InChI is InChI=1S/C6H11NO2/c7-6-4-9-2-1-5(6)3-8/h3,5-6H,1-2,4,7H2/t5-,6-/m1/s1. The summed E-state index contributed by atoms with van der Waals surface area (Å²) in [5, 5.41) is 0. The van der Waals surface area contributed by atoms with Crippen LogP contribution in [-0.2, 0) is 9.53 Å². The summed E-state index contributed by atoms with van der Waals surface area (Å²) < 4.78 is 5.03. The quantitative estimate of drug-likeness (QED) is 0.488. The Kier molecular flexibility index (Phi) is 2.19. The lowest BCUT2D eigenvalue weighted by Crippen LogP contribution is -2.40. The van der Waals surface area contributed by atoms with Crippen LogP contribution in [0.3, 0.4) is 0 Å². The van der Waals surface area contributed by atoms with Crippen LogP contribution in [0, 0.1) is 5.92 Å². The summed E-state index contributed by atoms with van der Waals surface area (Å²) in [6.45, 7) is 1.21. The Morgan fingerprint density at radius 3 is 2.89 bits per heavy atom. The van der Waals surface area contributed by atoms with Gasteiger partial charge in [-0.3, -0.25) is 0 Å². The second-order valence-corrected chi connectivity index (χ2v) is 2.33. The van der Waals surface area contributed by atoms with Crippen molar-refractivity contribution in [1.29, 1.82) is 0 Å². The number of rotatable bonds is 1. The zero-order valence-corrected chi connectivity index (χ0v) is 5.25. The van der Waals surface area contributed by atoms with E-state index in [-0.39, 0.29) is 12.0 Å². The number of aldehydes is 1. The van der Waals surface area contributed by atoms with Gasteiger partial charge in [-0.05, 0) is 6.42 Å². The van der Waals surface area contributed by atoms with Crippen molar-refractivity contribution in [2.45, 2.75) is 12.5 Å². The lowest BCUT2D eigenvalue weighted by molar-refractivity contribution is -0.114. The van der Waals surface area contributed by atoms with Gasteiger partial charge >= 0.3 is 0 Å².